The molecule has 4 heteroatoms. The Hall–Kier alpha value is -0.770. The number of amides is 1. The molecule has 1 atom stereocenters. The maximum absolute atomic E-state index is 11.6. The van der Waals surface area contributed by atoms with Gasteiger partial charge in [0.15, 0.2) is 0 Å². The predicted molar refractivity (Wildman–Crippen MR) is 55.3 cm³/mol. The number of nitrogens with zero attached hydrogens (tertiary/aromatic N) is 1. The van der Waals surface area contributed by atoms with Crippen LogP contribution in [0.4, 0.5) is 4.79 Å². The van der Waals surface area contributed by atoms with Gasteiger partial charge in [0.2, 0.25) is 0 Å². The van der Waals surface area contributed by atoms with E-state index < -0.39 is 0 Å². The Kier molecular flexibility index (Phi) is 4.20. The fraction of sp³-hybridized carbons (Fsp3) is 0.900. The number of carbonyl (C=O) groups is 1. The Morgan fingerprint density at radius 2 is 2.36 bits per heavy atom. The van der Waals surface area contributed by atoms with Crippen LogP contribution in [0.15, 0.2) is 0 Å². The molecule has 14 heavy (non-hydrogen) atoms. The summed E-state index contributed by atoms with van der Waals surface area (Å²) in [6.45, 7) is 5.44. The highest BCUT2D eigenvalue weighted by Gasteiger charge is 2.29. The largest absolute Gasteiger partial charge is 0.447 e. The third-order valence-electron chi connectivity index (χ3n) is 2.39. The van der Waals surface area contributed by atoms with Gasteiger partial charge in [-0.15, -0.1) is 0 Å². The highest BCUT2D eigenvalue weighted by atomic mass is 16.6. The van der Waals surface area contributed by atoms with E-state index in [9.17, 15) is 4.79 Å². The number of ether oxygens (including phenoxy) is 1. The minimum atomic E-state index is -0.169. The average molecular weight is 200 g/mol. The van der Waals surface area contributed by atoms with Crippen LogP contribution < -0.4 is 5.32 Å². The van der Waals surface area contributed by atoms with Crippen molar-refractivity contribution in [2.75, 3.05) is 20.1 Å². The van der Waals surface area contributed by atoms with Crippen LogP contribution >= 0.6 is 0 Å². The first-order valence-electron chi connectivity index (χ1n) is 5.27. The van der Waals surface area contributed by atoms with Crippen LogP contribution in [0.3, 0.4) is 0 Å². The second kappa shape index (κ2) is 5.20. The molecule has 1 rings (SSSR count). The van der Waals surface area contributed by atoms with Gasteiger partial charge in [-0.05, 0) is 33.7 Å². The number of likely N-dealkylation sites (N-methyl/N-ethyl adjacent to an activating group) is 1. The lowest BCUT2D eigenvalue weighted by molar-refractivity contribution is 0.0734. The molecule has 1 aliphatic rings. The van der Waals surface area contributed by atoms with Crippen LogP contribution in [0.1, 0.15) is 26.7 Å². The molecule has 0 bridgehead atoms. The summed E-state index contributed by atoms with van der Waals surface area (Å²) in [5.41, 5.74) is 0. The first-order valence-corrected chi connectivity index (χ1v) is 5.27. The molecule has 0 aromatic carbocycles. The molecule has 0 radical (unpaired) electrons. The summed E-state index contributed by atoms with van der Waals surface area (Å²) < 4.78 is 5.17. The number of hydrogen-bond donors (Lipinski definition) is 1. The maximum Gasteiger partial charge on any atom is 0.410 e. The Bertz CT molecular complexity index is 195. The van der Waals surface area contributed by atoms with E-state index in [0.717, 1.165) is 25.9 Å². The van der Waals surface area contributed by atoms with E-state index in [2.05, 4.69) is 5.32 Å². The number of rotatable bonds is 3. The van der Waals surface area contributed by atoms with E-state index in [1.54, 1.807) is 0 Å². The minimum absolute atomic E-state index is 0.0293. The van der Waals surface area contributed by atoms with E-state index in [0.29, 0.717) is 6.04 Å². The predicted octanol–water partition coefficient (Wildman–Crippen LogP) is 1.22. The van der Waals surface area contributed by atoms with Gasteiger partial charge in [-0.3, -0.25) is 0 Å². The van der Waals surface area contributed by atoms with E-state index in [4.69, 9.17) is 4.74 Å². The second-order valence-corrected chi connectivity index (χ2v) is 3.98. The summed E-state index contributed by atoms with van der Waals surface area (Å²) in [5.74, 6) is 0. The van der Waals surface area contributed by atoms with Gasteiger partial charge in [0.25, 0.3) is 0 Å². The number of likely N-dealkylation sites (tertiary alicyclic amines) is 1. The molecule has 1 fully saturated rings. The Labute approximate surface area is 85.6 Å². The molecular formula is C10H20N2O2. The Balaban J connectivity index is 2.44. The van der Waals surface area contributed by atoms with Crippen molar-refractivity contribution in [2.24, 2.45) is 0 Å². The SMILES string of the molecule is CNCC1CCCN1C(=O)OC(C)C. The van der Waals surface area contributed by atoms with Crippen molar-refractivity contribution >= 4 is 6.09 Å². The van der Waals surface area contributed by atoms with Crippen LogP contribution in [-0.2, 0) is 4.74 Å². The lowest BCUT2D eigenvalue weighted by atomic mass is 10.2. The Morgan fingerprint density at radius 3 is 2.93 bits per heavy atom. The molecule has 1 unspecified atom stereocenters. The van der Waals surface area contributed by atoms with Crippen LogP contribution in [-0.4, -0.2) is 43.3 Å². The van der Waals surface area contributed by atoms with Crippen LogP contribution in [0.25, 0.3) is 0 Å². The summed E-state index contributed by atoms with van der Waals surface area (Å²) in [7, 11) is 1.91. The third kappa shape index (κ3) is 2.87. The molecule has 1 amide bonds. The first kappa shape index (κ1) is 11.3. The fourth-order valence-corrected chi connectivity index (χ4v) is 1.79. The summed E-state index contributed by atoms with van der Waals surface area (Å²) >= 11 is 0. The van der Waals surface area contributed by atoms with Crippen molar-refractivity contribution in [2.45, 2.75) is 38.8 Å². The molecule has 0 spiro atoms. The average Bonchev–Trinajstić information content (AvgIpc) is 2.51. The zero-order chi connectivity index (χ0) is 10.6. The highest BCUT2D eigenvalue weighted by Crippen LogP contribution is 2.17. The molecule has 1 aliphatic heterocycles. The molecule has 0 aromatic rings. The molecular weight excluding hydrogens is 180 g/mol. The van der Waals surface area contributed by atoms with Gasteiger partial charge in [-0.25, -0.2) is 4.79 Å². The maximum atomic E-state index is 11.6. The zero-order valence-corrected chi connectivity index (χ0v) is 9.25. The number of carbonyl (C=O) groups excluding carboxylic acids is 1. The van der Waals surface area contributed by atoms with E-state index in [1.807, 2.05) is 25.8 Å². The van der Waals surface area contributed by atoms with Gasteiger partial charge in [0, 0.05) is 19.1 Å². The molecule has 1 N–H and O–H groups in total. The second-order valence-electron chi connectivity index (χ2n) is 3.98. The van der Waals surface area contributed by atoms with Crippen molar-refractivity contribution in [1.82, 2.24) is 10.2 Å². The molecule has 0 saturated carbocycles. The van der Waals surface area contributed by atoms with Gasteiger partial charge < -0.3 is 15.0 Å². The van der Waals surface area contributed by atoms with Crippen molar-refractivity contribution in [3.63, 3.8) is 0 Å². The van der Waals surface area contributed by atoms with Gasteiger partial charge >= 0.3 is 6.09 Å². The summed E-state index contributed by atoms with van der Waals surface area (Å²) in [6, 6.07) is 0.311. The zero-order valence-electron chi connectivity index (χ0n) is 9.25. The Morgan fingerprint density at radius 1 is 1.64 bits per heavy atom. The van der Waals surface area contributed by atoms with Gasteiger partial charge in [0.05, 0.1) is 6.10 Å². The van der Waals surface area contributed by atoms with Crippen molar-refractivity contribution < 1.29 is 9.53 Å². The first-order chi connectivity index (χ1) is 6.65. The standard InChI is InChI=1S/C10H20N2O2/c1-8(2)14-10(13)12-6-4-5-9(12)7-11-3/h8-9,11H,4-7H2,1-3H3. The summed E-state index contributed by atoms with van der Waals surface area (Å²) in [5, 5.41) is 3.10. The highest BCUT2D eigenvalue weighted by molar-refractivity contribution is 5.68. The van der Waals surface area contributed by atoms with Crippen molar-refractivity contribution in [3.05, 3.63) is 0 Å². The lowest BCUT2D eigenvalue weighted by Crippen LogP contribution is -2.41. The molecule has 1 heterocycles. The van der Waals surface area contributed by atoms with Crippen molar-refractivity contribution in [3.8, 4) is 0 Å². The third-order valence-corrected chi connectivity index (χ3v) is 2.39. The normalized spacial score (nSPS) is 21.7. The van der Waals surface area contributed by atoms with E-state index >= 15 is 0 Å². The van der Waals surface area contributed by atoms with Gasteiger partial charge in [-0.1, -0.05) is 0 Å². The molecule has 0 aliphatic carbocycles. The van der Waals surface area contributed by atoms with Crippen molar-refractivity contribution in [1.29, 1.82) is 0 Å². The summed E-state index contributed by atoms with van der Waals surface area (Å²) in [6.07, 6.45) is 1.96. The van der Waals surface area contributed by atoms with Crippen LogP contribution in [0, 0.1) is 0 Å². The quantitative estimate of drug-likeness (QED) is 0.744. The van der Waals surface area contributed by atoms with Gasteiger partial charge in [-0.2, -0.15) is 0 Å². The lowest BCUT2D eigenvalue weighted by Gasteiger charge is -2.24. The van der Waals surface area contributed by atoms with Crippen LogP contribution in [0.2, 0.25) is 0 Å². The molecule has 0 aromatic heterocycles. The number of hydrogen-bond acceptors (Lipinski definition) is 3. The molecule has 82 valence electrons. The smallest absolute Gasteiger partial charge is 0.410 e. The minimum Gasteiger partial charge on any atom is -0.447 e. The fourth-order valence-electron chi connectivity index (χ4n) is 1.79. The van der Waals surface area contributed by atoms with E-state index in [-0.39, 0.29) is 12.2 Å². The van der Waals surface area contributed by atoms with Crippen LogP contribution in [0.5, 0.6) is 0 Å². The topological polar surface area (TPSA) is 41.6 Å². The van der Waals surface area contributed by atoms with E-state index in [1.165, 1.54) is 0 Å². The molecule has 1 saturated heterocycles. The monoisotopic (exact) mass is 200 g/mol. The summed E-state index contributed by atoms with van der Waals surface area (Å²) in [4.78, 5) is 13.4. The molecule has 4 nitrogen and oxygen atoms in total. The number of nitrogens with one attached hydrogen (secondary N) is 1. The van der Waals surface area contributed by atoms with Gasteiger partial charge in [0.1, 0.15) is 0 Å².